The summed E-state index contributed by atoms with van der Waals surface area (Å²) in [6.07, 6.45) is 1.08. The van der Waals surface area contributed by atoms with E-state index >= 15 is 0 Å². The number of rotatable bonds is 1. The van der Waals surface area contributed by atoms with Crippen LogP contribution in [0.4, 0.5) is 0 Å². The summed E-state index contributed by atoms with van der Waals surface area (Å²) < 4.78 is 5.30. The van der Waals surface area contributed by atoms with Gasteiger partial charge in [-0.15, -0.1) is 0 Å². The fourth-order valence-electron chi connectivity index (χ4n) is 2.21. The van der Waals surface area contributed by atoms with Gasteiger partial charge in [-0.1, -0.05) is 0 Å². The van der Waals surface area contributed by atoms with E-state index in [1.165, 1.54) is 6.07 Å². The largest absolute Gasteiger partial charge is 0.508 e. The first-order valence-corrected chi connectivity index (χ1v) is 6.22. The number of benzene rings is 2. The van der Waals surface area contributed by atoms with Crippen LogP contribution in [0, 0.1) is 0 Å². The second-order valence-electron chi connectivity index (χ2n) is 4.86. The van der Waals surface area contributed by atoms with Gasteiger partial charge in [0.25, 0.3) is 5.79 Å². The van der Waals surface area contributed by atoms with Gasteiger partial charge >= 0.3 is 0 Å². The molecule has 3 rings (SSSR count). The minimum absolute atomic E-state index is 0.0509. The van der Waals surface area contributed by atoms with Crippen molar-refractivity contribution in [2.75, 3.05) is 0 Å². The van der Waals surface area contributed by atoms with E-state index in [1.807, 2.05) is 0 Å². The van der Waals surface area contributed by atoms with Crippen molar-refractivity contribution in [3.8, 4) is 28.7 Å². The van der Waals surface area contributed by atoms with Crippen LogP contribution in [0.1, 0.15) is 11.1 Å². The monoisotopic (exact) mass is 304 g/mol. The molecule has 0 spiro atoms. The fraction of sp³-hybridized carbons (Fsp3) is 0.0667. The number of aliphatic hydroxyl groups excluding tert-OH is 1. The van der Waals surface area contributed by atoms with Crippen molar-refractivity contribution in [3.05, 3.63) is 47.2 Å². The summed E-state index contributed by atoms with van der Waals surface area (Å²) in [5.41, 5.74) is 0.0352. The van der Waals surface area contributed by atoms with Crippen LogP contribution in [0.25, 0.3) is 6.08 Å². The minimum Gasteiger partial charge on any atom is -0.508 e. The van der Waals surface area contributed by atoms with Gasteiger partial charge in [0.2, 0.25) is 0 Å². The highest BCUT2D eigenvalue weighted by atomic mass is 16.6. The normalized spacial score (nSPS) is 20.0. The van der Waals surface area contributed by atoms with Crippen molar-refractivity contribution in [3.63, 3.8) is 0 Å². The number of aromatic hydroxyl groups is 4. The van der Waals surface area contributed by atoms with Gasteiger partial charge in [-0.25, -0.2) is 0 Å². The molecule has 7 nitrogen and oxygen atoms in total. The molecule has 22 heavy (non-hydrogen) atoms. The van der Waals surface area contributed by atoms with E-state index in [0.29, 0.717) is 0 Å². The van der Waals surface area contributed by atoms with Gasteiger partial charge in [0, 0.05) is 17.7 Å². The Balaban J connectivity index is 2.15. The van der Waals surface area contributed by atoms with Gasteiger partial charge in [0.15, 0.2) is 17.3 Å². The Bertz CT molecular complexity index is 797. The van der Waals surface area contributed by atoms with Gasteiger partial charge in [-0.3, -0.25) is 0 Å². The topological polar surface area (TPSA) is 131 Å². The van der Waals surface area contributed by atoms with Gasteiger partial charge in [0.05, 0.1) is 5.56 Å². The van der Waals surface area contributed by atoms with Crippen molar-refractivity contribution < 1.29 is 35.4 Å². The maximum Gasteiger partial charge on any atom is 0.294 e. The summed E-state index contributed by atoms with van der Waals surface area (Å²) >= 11 is 0. The van der Waals surface area contributed by atoms with Gasteiger partial charge in [-0.2, -0.15) is 0 Å². The molecule has 2 aromatic rings. The number of hydrogen-bond acceptors (Lipinski definition) is 7. The lowest BCUT2D eigenvalue weighted by Crippen LogP contribution is -2.37. The zero-order valence-electron chi connectivity index (χ0n) is 11.1. The summed E-state index contributed by atoms with van der Waals surface area (Å²) in [5.74, 6) is -4.57. The highest BCUT2D eigenvalue weighted by Gasteiger charge is 2.41. The van der Waals surface area contributed by atoms with Crippen molar-refractivity contribution >= 4 is 6.08 Å². The van der Waals surface area contributed by atoms with E-state index in [2.05, 4.69) is 0 Å². The minimum atomic E-state index is -2.33. The van der Waals surface area contributed by atoms with Crippen LogP contribution in [0.2, 0.25) is 0 Å². The lowest BCUT2D eigenvalue weighted by molar-refractivity contribution is -0.139. The van der Waals surface area contributed by atoms with Crippen LogP contribution in [-0.4, -0.2) is 30.6 Å². The second-order valence-corrected chi connectivity index (χ2v) is 4.86. The number of fused-ring (bicyclic) bond motifs is 1. The summed E-state index contributed by atoms with van der Waals surface area (Å²) in [6, 6.07) is 5.60. The Morgan fingerprint density at radius 2 is 1.55 bits per heavy atom. The van der Waals surface area contributed by atoms with Crippen LogP contribution in [0.3, 0.4) is 0 Å². The molecule has 0 aromatic heterocycles. The number of hydrogen-bond donors (Lipinski definition) is 6. The molecule has 7 heteroatoms. The number of aliphatic hydroxyl groups is 2. The first-order chi connectivity index (χ1) is 10.3. The Kier molecular flexibility index (Phi) is 2.82. The predicted molar refractivity (Wildman–Crippen MR) is 74.7 cm³/mol. The van der Waals surface area contributed by atoms with Crippen molar-refractivity contribution in [1.82, 2.24) is 0 Å². The van der Waals surface area contributed by atoms with E-state index in [0.717, 1.165) is 30.3 Å². The number of ether oxygens (including phenoxy) is 1. The molecule has 0 fully saturated rings. The molecule has 0 aliphatic carbocycles. The quantitative estimate of drug-likeness (QED) is 0.442. The third-order valence-corrected chi connectivity index (χ3v) is 3.36. The molecule has 0 saturated carbocycles. The first kappa shape index (κ1) is 13.9. The second kappa shape index (κ2) is 4.47. The third kappa shape index (κ3) is 1.95. The molecular formula is C15H12O7. The number of phenolic OH excluding ortho intramolecular Hbond substituents is 4. The van der Waals surface area contributed by atoms with E-state index in [-0.39, 0.29) is 28.4 Å². The zero-order valence-corrected chi connectivity index (χ0v) is 11.1. The average molecular weight is 304 g/mol. The molecule has 6 N–H and O–H groups in total. The smallest absolute Gasteiger partial charge is 0.294 e. The molecule has 1 aliphatic rings. The summed E-state index contributed by atoms with van der Waals surface area (Å²) in [5, 5.41) is 58.6. The van der Waals surface area contributed by atoms with Crippen LogP contribution < -0.4 is 4.74 Å². The Morgan fingerprint density at radius 1 is 0.818 bits per heavy atom. The van der Waals surface area contributed by atoms with Crippen molar-refractivity contribution in [1.29, 1.82) is 0 Å². The van der Waals surface area contributed by atoms with Crippen molar-refractivity contribution in [2.24, 2.45) is 0 Å². The molecule has 1 heterocycles. The van der Waals surface area contributed by atoms with Gasteiger partial charge in [0.1, 0.15) is 17.2 Å². The molecule has 2 aromatic carbocycles. The summed E-state index contributed by atoms with van der Waals surface area (Å²) in [4.78, 5) is 0. The Morgan fingerprint density at radius 3 is 2.23 bits per heavy atom. The van der Waals surface area contributed by atoms with Crippen LogP contribution in [0.15, 0.2) is 36.1 Å². The molecule has 114 valence electrons. The maximum absolute atomic E-state index is 10.6. The lowest BCUT2D eigenvalue weighted by atomic mass is 9.98. The Hall–Kier alpha value is -3.06. The third-order valence-electron chi connectivity index (χ3n) is 3.36. The van der Waals surface area contributed by atoms with Crippen LogP contribution in [0.5, 0.6) is 28.7 Å². The average Bonchev–Trinajstić information content (AvgIpc) is 2.44. The van der Waals surface area contributed by atoms with Crippen LogP contribution >= 0.6 is 0 Å². The first-order valence-electron chi connectivity index (χ1n) is 6.22. The van der Waals surface area contributed by atoms with E-state index in [9.17, 15) is 30.6 Å². The SMILES string of the molecule is OC1=Cc2c(O)cc(O)cc2O[C@@]1(O)c1ccc(O)c(O)c1. The standard InChI is InChI=1S/C15H12O7/c16-8-4-11(18)9-6-14(20)15(21,22-13(9)5-8)7-1-2-10(17)12(19)3-7/h1-6,16-21H/t15-/m0/s1. The molecule has 1 aliphatic heterocycles. The zero-order chi connectivity index (χ0) is 16.1. The molecule has 0 amide bonds. The Labute approximate surface area is 124 Å². The molecule has 1 atom stereocenters. The molecular weight excluding hydrogens is 292 g/mol. The molecule has 0 saturated heterocycles. The van der Waals surface area contributed by atoms with Gasteiger partial charge in [-0.05, 0) is 24.3 Å². The van der Waals surface area contributed by atoms with E-state index in [1.54, 1.807) is 0 Å². The highest BCUT2D eigenvalue weighted by Crippen LogP contribution is 2.45. The lowest BCUT2D eigenvalue weighted by Gasteiger charge is -2.32. The van der Waals surface area contributed by atoms with Crippen LogP contribution in [-0.2, 0) is 5.79 Å². The maximum atomic E-state index is 10.6. The molecule has 0 bridgehead atoms. The van der Waals surface area contributed by atoms with Gasteiger partial charge < -0.3 is 35.4 Å². The number of phenols is 4. The van der Waals surface area contributed by atoms with E-state index < -0.39 is 23.0 Å². The fourth-order valence-corrected chi connectivity index (χ4v) is 2.21. The summed E-state index contributed by atoms with van der Waals surface area (Å²) in [6.45, 7) is 0. The predicted octanol–water partition coefficient (Wildman–Crippen LogP) is 1.65. The van der Waals surface area contributed by atoms with E-state index in [4.69, 9.17) is 4.74 Å². The highest BCUT2D eigenvalue weighted by molar-refractivity contribution is 5.70. The molecule has 0 unspecified atom stereocenters. The molecule has 0 radical (unpaired) electrons. The summed E-state index contributed by atoms with van der Waals surface area (Å²) in [7, 11) is 0. The van der Waals surface area contributed by atoms with Crippen molar-refractivity contribution in [2.45, 2.75) is 5.79 Å².